The summed E-state index contributed by atoms with van der Waals surface area (Å²) in [6.45, 7) is 8.15. The van der Waals surface area contributed by atoms with Crippen LogP contribution in [0.3, 0.4) is 0 Å². The van der Waals surface area contributed by atoms with Crippen LogP contribution in [0.2, 0.25) is 0 Å². The van der Waals surface area contributed by atoms with Gasteiger partial charge in [0.1, 0.15) is 5.82 Å². The topological polar surface area (TPSA) is 61.7 Å². The third-order valence-electron chi connectivity index (χ3n) is 3.38. The summed E-state index contributed by atoms with van der Waals surface area (Å²) in [5.41, 5.74) is 10.4. The highest BCUT2D eigenvalue weighted by atomic mass is 15.3. The lowest BCUT2D eigenvalue weighted by atomic mass is 10.1. The molecule has 1 atom stereocenters. The van der Waals surface area contributed by atoms with Gasteiger partial charge in [-0.1, -0.05) is 0 Å². The summed E-state index contributed by atoms with van der Waals surface area (Å²) in [5.74, 6) is 0.722. The van der Waals surface area contributed by atoms with E-state index in [0.717, 1.165) is 22.8 Å². The van der Waals surface area contributed by atoms with Crippen LogP contribution >= 0.6 is 0 Å². The summed E-state index contributed by atoms with van der Waals surface area (Å²) in [4.78, 5) is 0. The molecule has 92 valence electrons. The Morgan fingerprint density at radius 3 is 2.35 bits per heavy atom. The maximum Gasteiger partial charge on any atom is 0.125 e. The SMILES string of the molecule is Cc1cnn(C(C)c2c(C)nn(C)c2C)c1N. The van der Waals surface area contributed by atoms with E-state index in [9.17, 15) is 0 Å². The number of nitrogens with zero attached hydrogens (tertiary/aromatic N) is 4. The molecule has 0 aromatic carbocycles. The van der Waals surface area contributed by atoms with Crippen molar-refractivity contribution in [2.75, 3.05) is 5.73 Å². The fourth-order valence-corrected chi connectivity index (χ4v) is 2.28. The molecule has 0 radical (unpaired) electrons. The highest BCUT2D eigenvalue weighted by Gasteiger charge is 2.20. The molecule has 2 heterocycles. The van der Waals surface area contributed by atoms with Gasteiger partial charge in [0.15, 0.2) is 0 Å². The molecule has 0 aliphatic carbocycles. The first-order valence-electron chi connectivity index (χ1n) is 5.73. The van der Waals surface area contributed by atoms with Crippen molar-refractivity contribution < 1.29 is 0 Å². The first kappa shape index (κ1) is 11.7. The molecule has 2 rings (SSSR count). The quantitative estimate of drug-likeness (QED) is 0.859. The van der Waals surface area contributed by atoms with E-state index in [2.05, 4.69) is 24.0 Å². The van der Waals surface area contributed by atoms with Crippen LogP contribution in [0.5, 0.6) is 0 Å². The van der Waals surface area contributed by atoms with Crippen LogP contribution in [0.4, 0.5) is 5.82 Å². The monoisotopic (exact) mass is 233 g/mol. The summed E-state index contributed by atoms with van der Waals surface area (Å²) in [7, 11) is 1.95. The number of hydrogen-bond donors (Lipinski definition) is 1. The Morgan fingerprint density at radius 2 is 1.94 bits per heavy atom. The second-order valence-corrected chi connectivity index (χ2v) is 4.54. The van der Waals surface area contributed by atoms with Gasteiger partial charge in [0.05, 0.1) is 17.9 Å². The van der Waals surface area contributed by atoms with Crippen molar-refractivity contribution in [2.24, 2.45) is 7.05 Å². The Labute approximate surface area is 101 Å². The second kappa shape index (κ2) is 3.91. The molecule has 0 saturated carbocycles. The number of nitrogen functional groups attached to an aromatic ring is 1. The molecule has 0 amide bonds. The second-order valence-electron chi connectivity index (χ2n) is 4.54. The van der Waals surface area contributed by atoms with E-state index in [0.29, 0.717) is 0 Å². The van der Waals surface area contributed by atoms with E-state index < -0.39 is 0 Å². The molecular weight excluding hydrogens is 214 g/mol. The highest BCUT2D eigenvalue weighted by Crippen LogP contribution is 2.26. The van der Waals surface area contributed by atoms with Gasteiger partial charge >= 0.3 is 0 Å². The van der Waals surface area contributed by atoms with Crippen LogP contribution < -0.4 is 5.73 Å². The van der Waals surface area contributed by atoms with Gasteiger partial charge in [0.25, 0.3) is 0 Å². The smallest absolute Gasteiger partial charge is 0.125 e. The van der Waals surface area contributed by atoms with Gasteiger partial charge in [-0.25, -0.2) is 4.68 Å². The lowest BCUT2D eigenvalue weighted by Gasteiger charge is -2.15. The van der Waals surface area contributed by atoms with Gasteiger partial charge in [0.2, 0.25) is 0 Å². The predicted octanol–water partition coefficient (Wildman–Crippen LogP) is 1.73. The van der Waals surface area contributed by atoms with Gasteiger partial charge in [-0.3, -0.25) is 4.68 Å². The minimum Gasteiger partial charge on any atom is -0.384 e. The number of nitrogens with two attached hydrogens (primary N) is 1. The zero-order valence-electron chi connectivity index (χ0n) is 11.0. The maximum absolute atomic E-state index is 6.02. The number of anilines is 1. The Balaban J connectivity index is 2.50. The van der Waals surface area contributed by atoms with Gasteiger partial charge in [-0.05, 0) is 27.7 Å². The van der Waals surface area contributed by atoms with Crippen molar-refractivity contribution in [1.82, 2.24) is 19.6 Å². The number of aryl methyl sites for hydroxylation is 3. The molecule has 0 bridgehead atoms. The van der Waals surface area contributed by atoms with Gasteiger partial charge in [0, 0.05) is 23.9 Å². The van der Waals surface area contributed by atoms with Crippen molar-refractivity contribution in [3.63, 3.8) is 0 Å². The average Bonchev–Trinajstić information content (AvgIpc) is 2.70. The van der Waals surface area contributed by atoms with Crippen molar-refractivity contribution in [1.29, 1.82) is 0 Å². The Morgan fingerprint density at radius 1 is 1.29 bits per heavy atom. The summed E-state index contributed by atoms with van der Waals surface area (Å²) >= 11 is 0. The number of hydrogen-bond acceptors (Lipinski definition) is 3. The summed E-state index contributed by atoms with van der Waals surface area (Å²) in [5, 5.41) is 8.77. The molecule has 5 nitrogen and oxygen atoms in total. The zero-order chi connectivity index (χ0) is 12.7. The first-order valence-corrected chi connectivity index (χ1v) is 5.73. The summed E-state index contributed by atoms with van der Waals surface area (Å²) in [6, 6.07) is 0.109. The van der Waals surface area contributed by atoms with Crippen molar-refractivity contribution in [3.8, 4) is 0 Å². The Kier molecular flexibility index (Phi) is 2.69. The predicted molar refractivity (Wildman–Crippen MR) is 67.9 cm³/mol. The third-order valence-corrected chi connectivity index (χ3v) is 3.38. The Hall–Kier alpha value is -1.78. The summed E-state index contributed by atoms with van der Waals surface area (Å²) < 4.78 is 3.75. The molecule has 2 N–H and O–H groups in total. The molecule has 0 saturated heterocycles. The van der Waals surface area contributed by atoms with Crippen LogP contribution in [0.15, 0.2) is 6.20 Å². The Bertz CT molecular complexity index is 549. The van der Waals surface area contributed by atoms with E-state index >= 15 is 0 Å². The van der Waals surface area contributed by atoms with Gasteiger partial charge < -0.3 is 5.73 Å². The fraction of sp³-hybridized carbons (Fsp3) is 0.500. The maximum atomic E-state index is 6.02. The average molecular weight is 233 g/mol. The molecular formula is C12H19N5. The van der Waals surface area contributed by atoms with Gasteiger partial charge in [-0.15, -0.1) is 0 Å². The summed E-state index contributed by atoms with van der Waals surface area (Å²) in [6.07, 6.45) is 1.80. The normalized spacial score (nSPS) is 13.0. The largest absolute Gasteiger partial charge is 0.384 e. The van der Waals surface area contributed by atoms with Crippen LogP contribution in [0.1, 0.15) is 35.5 Å². The minimum absolute atomic E-state index is 0.109. The van der Waals surface area contributed by atoms with Gasteiger partial charge in [-0.2, -0.15) is 10.2 Å². The first-order chi connectivity index (χ1) is 7.93. The minimum atomic E-state index is 0.109. The van der Waals surface area contributed by atoms with E-state index in [-0.39, 0.29) is 6.04 Å². The highest BCUT2D eigenvalue weighted by molar-refractivity contribution is 5.40. The van der Waals surface area contributed by atoms with Crippen molar-refractivity contribution in [2.45, 2.75) is 33.7 Å². The lowest BCUT2D eigenvalue weighted by molar-refractivity contribution is 0.566. The number of aromatic nitrogens is 4. The van der Waals surface area contributed by atoms with E-state index in [1.54, 1.807) is 6.20 Å². The van der Waals surface area contributed by atoms with Crippen LogP contribution in [0, 0.1) is 20.8 Å². The molecule has 2 aromatic rings. The number of rotatable bonds is 2. The lowest BCUT2D eigenvalue weighted by Crippen LogP contribution is -2.13. The molecule has 17 heavy (non-hydrogen) atoms. The molecule has 5 heteroatoms. The molecule has 0 aliphatic heterocycles. The molecule has 0 fully saturated rings. The molecule has 2 aromatic heterocycles. The van der Waals surface area contributed by atoms with E-state index in [1.165, 1.54) is 5.56 Å². The third kappa shape index (κ3) is 1.71. The van der Waals surface area contributed by atoms with Crippen LogP contribution in [0.25, 0.3) is 0 Å². The standard InChI is InChI=1S/C12H19N5/c1-7-6-14-17(12(7)13)10(4)11-8(2)15-16(5)9(11)3/h6,10H,13H2,1-5H3. The van der Waals surface area contributed by atoms with Crippen molar-refractivity contribution in [3.05, 3.63) is 28.7 Å². The molecule has 0 aliphatic rings. The van der Waals surface area contributed by atoms with Crippen molar-refractivity contribution >= 4 is 5.82 Å². The van der Waals surface area contributed by atoms with E-state index in [4.69, 9.17) is 5.73 Å². The van der Waals surface area contributed by atoms with E-state index in [1.807, 2.05) is 30.3 Å². The molecule has 0 spiro atoms. The fourth-order valence-electron chi connectivity index (χ4n) is 2.28. The zero-order valence-corrected chi connectivity index (χ0v) is 11.0. The van der Waals surface area contributed by atoms with Crippen LogP contribution in [-0.2, 0) is 7.05 Å². The van der Waals surface area contributed by atoms with Crippen LogP contribution in [-0.4, -0.2) is 19.6 Å². The molecule has 1 unspecified atom stereocenters.